The molecule has 0 N–H and O–H groups in total. The van der Waals surface area contributed by atoms with E-state index in [2.05, 4.69) is 26.6 Å². The highest BCUT2D eigenvalue weighted by atomic mass is 28.3. The Morgan fingerprint density at radius 2 is 1.96 bits per heavy atom. The summed E-state index contributed by atoms with van der Waals surface area (Å²) in [6, 6.07) is 0. The molecule has 0 amide bonds. The van der Waals surface area contributed by atoms with E-state index in [4.69, 9.17) is 18.9 Å². The summed E-state index contributed by atoms with van der Waals surface area (Å²) in [6.07, 6.45) is 4.55. The summed E-state index contributed by atoms with van der Waals surface area (Å²) in [7, 11) is -1.74. The minimum Gasteiger partial charge on any atom is -0.460 e. The van der Waals surface area contributed by atoms with Gasteiger partial charge >= 0.3 is 5.97 Å². The molecule has 132 valence electrons. The Bertz CT molecular complexity index is 476. The fraction of sp³-hybridized carbons (Fsp3) is 0.941. The van der Waals surface area contributed by atoms with Crippen molar-refractivity contribution in [1.82, 2.24) is 0 Å². The molecule has 5 atom stereocenters. The fourth-order valence-electron chi connectivity index (χ4n) is 4.10. The molecule has 0 saturated carbocycles. The summed E-state index contributed by atoms with van der Waals surface area (Å²) in [5.41, 5.74) is 0. The lowest BCUT2D eigenvalue weighted by atomic mass is 9.92. The van der Waals surface area contributed by atoms with E-state index in [1.54, 1.807) is 0 Å². The highest BCUT2D eigenvalue weighted by molar-refractivity contribution is 6.79. The van der Waals surface area contributed by atoms with Crippen LogP contribution in [-0.2, 0) is 23.7 Å². The van der Waals surface area contributed by atoms with E-state index in [0.29, 0.717) is 6.42 Å². The second-order valence-electron chi connectivity index (χ2n) is 8.42. The van der Waals surface area contributed by atoms with Gasteiger partial charge in [-0.25, -0.2) is 0 Å². The average molecular weight is 343 g/mol. The summed E-state index contributed by atoms with van der Waals surface area (Å²) in [5, 5.41) is -0.430. The van der Waals surface area contributed by atoms with Crippen LogP contribution in [0.3, 0.4) is 0 Å². The van der Waals surface area contributed by atoms with Gasteiger partial charge in [0.25, 0.3) is 0 Å². The molecule has 0 aliphatic carbocycles. The van der Waals surface area contributed by atoms with Gasteiger partial charge in [-0.05, 0) is 26.2 Å². The Morgan fingerprint density at radius 1 is 1.22 bits per heavy atom. The van der Waals surface area contributed by atoms with Crippen LogP contribution in [0.4, 0.5) is 0 Å². The molecule has 3 aliphatic heterocycles. The van der Waals surface area contributed by atoms with Crippen molar-refractivity contribution >= 4 is 14.0 Å². The monoisotopic (exact) mass is 342 g/mol. The van der Waals surface area contributed by atoms with E-state index >= 15 is 0 Å². The van der Waals surface area contributed by atoms with E-state index < -0.39 is 19.1 Å². The number of fused-ring (bicyclic) bond motifs is 1. The first-order valence-electron chi connectivity index (χ1n) is 8.82. The summed E-state index contributed by atoms with van der Waals surface area (Å²) < 4.78 is 24.6. The normalized spacial score (nSPS) is 44.1. The minimum absolute atomic E-state index is 0.111. The Hall–Kier alpha value is -0.433. The molecule has 6 heteroatoms. The van der Waals surface area contributed by atoms with Gasteiger partial charge in [-0.1, -0.05) is 19.6 Å². The third-order valence-electron chi connectivity index (χ3n) is 5.86. The Labute approximate surface area is 140 Å². The van der Waals surface area contributed by atoms with Gasteiger partial charge in [0.1, 0.15) is 6.10 Å². The zero-order valence-electron chi connectivity index (χ0n) is 15.0. The van der Waals surface area contributed by atoms with Crippen LogP contribution in [-0.4, -0.2) is 50.0 Å². The predicted molar refractivity (Wildman–Crippen MR) is 88.8 cm³/mol. The van der Waals surface area contributed by atoms with Gasteiger partial charge in [0.2, 0.25) is 0 Å². The summed E-state index contributed by atoms with van der Waals surface area (Å²) in [5.74, 6) is -0.855. The average Bonchev–Trinajstić information content (AvgIpc) is 2.71. The van der Waals surface area contributed by atoms with Gasteiger partial charge < -0.3 is 18.9 Å². The maximum atomic E-state index is 11.6. The topological polar surface area (TPSA) is 54.0 Å². The first-order chi connectivity index (χ1) is 10.7. The quantitative estimate of drug-likeness (QED) is 0.570. The van der Waals surface area contributed by atoms with Crippen LogP contribution in [0.5, 0.6) is 0 Å². The van der Waals surface area contributed by atoms with Crippen molar-refractivity contribution in [2.45, 2.75) is 94.9 Å². The van der Waals surface area contributed by atoms with Crippen molar-refractivity contribution < 1.29 is 23.7 Å². The molecule has 3 saturated heterocycles. The second-order valence-corrected chi connectivity index (χ2v) is 13.9. The van der Waals surface area contributed by atoms with Crippen molar-refractivity contribution in [1.29, 1.82) is 0 Å². The van der Waals surface area contributed by atoms with Crippen LogP contribution < -0.4 is 0 Å². The van der Waals surface area contributed by atoms with E-state index in [-0.39, 0.29) is 24.3 Å². The lowest BCUT2D eigenvalue weighted by molar-refractivity contribution is -0.307. The molecule has 0 bridgehead atoms. The van der Waals surface area contributed by atoms with Crippen LogP contribution in [0.2, 0.25) is 19.6 Å². The summed E-state index contributed by atoms with van der Waals surface area (Å²) in [4.78, 5) is 11.6. The number of ether oxygens (including phenoxy) is 4. The molecule has 5 nitrogen and oxygen atoms in total. The minimum atomic E-state index is -1.74. The first-order valence-corrected chi connectivity index (χ1v) is 12.3. The van der Waals surface area contributed by atoms with Crippen LogP contribution in [0, 0.1) is 0 Å². The highest BCUT2D eigenvalue weighted by Crippen LogP contribution is 2.50. The van der Waals surface area contributed by atoms with E-state index in [1.165, 1.54) is 6.92 Å². The van der Waals surface area contributed by atoms with Gasteiger partial charge in [-0.3, -0.25) is 4.79 Å². The Morgan fingerprint density at radius 3 is 2.61 bits per heavy atom. The molecule has 3 rings (SSSR count). The smallest absolute Gasteiger partial charge is 0.302 e. The number of hydrogen-bond acceptors (Lipinski definition) is 5. The molecule has 1 spiro atoms. The SMILES string of the molecule is CC(=O)O[C@H]1CC2(CC[C@@H]3OCCC[C@H]3O2)O[C@]1(C)[Si](C)(C)C. The van der Waals surface area contributed by atoms with Crippen LogP contribution in [0.15, 0.2) is 0 Å². The van der Waals surface area contributed by atoms with Crippen LogP contribution in [0.25, 0.3) is 0 Å². The van der Waals surface area contributed by atoms with Gasteiger partial charge in [0.15, 0.2) is 5.79 Å². The molecule has 0 aromatic heterocycles. The fourth-order valence-corrected chi connectivity index (χ4v) is 5.72. The largest absolute Gasteiger partial charge is 0.460 e. The van der Waals surface area contributed by atoms with E-state index in [1.807, 2.05) is 0 Å². The van der Waals surface area contributed by atoms with Crippen LogP contribution >= 0.6 is 0 Å². The molecule has 23 heavy (non-hydrogen) atoms. The molecule has 3 fully saturated rings. The maximum absolute atomic E-state index is 11.6. The molecule has 0 aromatic rings. The highest BCUT2D eigenvalue weighted by Gasteiger charge is 2.63. The van der Waals surface area contributed by atoms with Gasteiger partial charge in [0, 0.05) is 26.4 Å². The maximum Gasteiger partial charge on any atom is 0.302 e. The lowest BCUT2D eigenvalue weighted by Gasteiger charge is -2.46. The van der Waals surface area contributed by atoms with Gasteiger partial charge in [-0.15, -0.1) is 0 Å². The van der Waals surface area contributed by atoms with E-state index in [9.17, 15) is 4.79 Å². The molecule has 0 radical (unpaired) electrons. The third kappa shape index (κ3) is 3.11. The van der Waals surface area contributed by atoms with E-state index in [0.717, 1.165) is 32.3 Å². The Kier molecular flexibility index (Phi) is 4.41. The molecule has 3 aliphatic rings. The first kappa shape index (κ1) is 17.4. The molecule has 0 aromatic carbocycles. The number of hydrogen-bond donors (Lipinski definition) is 0. The standard InChI is InChI=1S/C17H30O5Si/c1-12(18)20-15-11-17(22-16(15,2)23(3,4)5)9-8-13-14(21-17)7-6-10-19-13/h13-15H,6-11H2,1-5H3/t13-,14+,15-,16+,17?/m0/s1. The lowest BCUT2D eigenvalue weighted by Crippen LogP contribution is -2.58. The van der Waals surface area contributed by atoms with Gasteiger partial charge in [-0.2, -0.15) is 0 Å². The van der Waals surface area contributed by atoms with Crippen LogP contribution in [0.1, 0.15) is 46.0 Å². The van der Waals surface area contributed by atoms with Crippen molar-refractivity contribution in [3.63, 3.8) is 0 Å². The number of carbonyl (C=O) groups is 1. The molecular weight excluding hydrogens is 312 g/mol. The molecule has 3 heterocycles. The Balaban J connectivity index is 1.83. The zero-order chi connectivity index (χ0) is 16.9. The number of carbonyl (C=O) groups excluding carboxylic acids is 1. The summed E-state index contributed by atoms with van der Waals surface area (Å²) >= 11 is 0. The van der Waals surface area contributed by atoms with Crippen molar-refractivity contribution in [2.24, 2.45) is 0 Å². The third-order valence-corrected chi connectivity index (χ3v) is 9.26. The zero-order valence-corrected chi connectivity index (χ0v) is 16.0. The number of rotatable bonds is 2. The van der Waals surface area contributed by atoms with Crippen molar-refractivity contribution in [3.05, 3.63) is 0 Å². The van der Waals surface area contributed by atoms with Crippen molar-refractivity contribution in [3.8, 4) is 0 Å². The summed E-state index contributed by atoms with van der Waals surface area (Å²) in [6.45, 7) is 11.2. The molecular formula is C17H30O5Si. The molecule has 1 unspecified atom stereocenters. The van der Waals surface area contributed by atoms with Gasteiger partial charge in [0.05, 0.1) is 25.5 Å². The number of esters is 1. The predicted octanol–water partition coefficient (Wildman–Crippen LogP) is 3.03. The van der Waals surface area contributed by atoms with Crippen molar-refractivity contribution in [2.75, 3.05) is 6.61 Å². The second kappa shape index (κ2) is 5.83.